The number of carbonyl (C=O) groups excluding carboxylic acids is 1. The highest BCUT2D eigenvalue weighted by Crippen LogP contribution is 2.26. The zero-order chi connectivity index (χ0) is 22.5. The maximum absolute atomic E-state index is 13.0. The number of hydrogen-bond donors (Lipinski definition) is 1. The Kier molecular flexibility index (Phi) is 6.52. The summed E-state index contributed by atoms with van der Waals surface area (Å²) in [5.74, 6) is 0.732. The molecule has 2 aromatic heterocycles. The number of nitrogens with one attached hydrogen (secondary N) is 1. The molecule has 11 heteroatoms. The molecule has 0 saturated carbocycles. The summed E-state index contributed by atoms with van der Waals surface area (Å²) >= 11 is 7.40. The summed E-state index contributed by atoms with van der Waals surface area (Å²) in [5.41, 5.74) is 1.26. The summed E-state index contributed by atoms with van der Waals surface area (Å²) in [6, 6.07) is 12.6. The summed E-state index contributed by atoms with van der Waals surface area (Å²) in [5, 5.41) is 15.1. The van der Waals surface area contributed by atoms with E-state index in [0.29, 0.717) is 33.2 Å². The highest BCUT2D eigenvalue weighted by Gasteiger charge is 2.15. The van der Waals surface area contributed by atoms with E-state index >= 15 is 0 Å². The van der Waals surface area contributed by atoms with Crippen LogP contribution >= 0.6 is 22.9 Å². The van der Waals surface area contributed by atoms with Crippen molar-refractivity contribution >= 4 is 45.6 Å². The second kappa shape index (κ2) is 9.67. The van der Waals surface area contributed by atoms with Crippen LogP contribution in [-0.2, 0) is 6.61 Å². The lowest BCUT2D eigenvalue weighted by Gasteiger charge is -2.03. The first-order valence-electron chi connectivity index (χ1n) is 9.26. The Morgan fingerprint density at radius 3 is 2.56 bits per heavy atom. The number of aromatic nitrogens is 4. The zero-order valence-corrected chi connectivity index (χ0v) is 18.2. The Morgan fingerprint density at radius 1 is 1.16 bits per heavy atom. The van der Waals surface area contributed by atoms with Crippen LogP contribution in [0.5, 0.6) is 5.75 Å². The van der Waals surface area contributed by atoms with E-state index in [9.17, 15) is 9.18 Å². The van der Waals surface area contributed by atoms with Gasteiger partial charge in [-0.05, 0) is 48.0 Å². The van der Waals surface area contributed by atoms with E-state index in [1.807, 2.05) is 12.1 Å². The smallest absolute Gasteiger partial charge is 0.286 e. The molecule has 1 N–H and O–H groups in total. The number of hydrogen-bond acceptors (Lipinski definition) is 8. The van der Waals surface area contributed by atoms with Crippen molar-refractivity contribution in [2.24, 2.45) is 0 Å². The Labute approximate surface area is 190 Å². The van der Waals surface area contributed by atoms with Crippen molar-refractivity contribution in [3.8, 4) is 5.75 Å². The first-order valence-corrected chi connectivity index (χ1v) is 10.5. The van der Waals surface area contributed by atoms with Crippen molar-refractivity contribution < 1.29 is 18.4 Å². The summed E-state index contributed by atoms with van der Waals surface area (Å²) in [4.78, 5) is 16.4. The standard InChI is InChI=1S/C21H15ClFN5O3S/c1-12-24-18(28-31-12)11-30-16-8-2-13(3-9-16)10-17(22)20-26-27-21(32-20)19(29)25-15-6-4-14(23)5-7-15/h2-10H,11H2,1H3,(H,25,29)/b17-10+. The normalized spacial score (nSPS) is 11.4. The molecule has 0 aliphatic heterocycles. The molecule has 8 nitrogen and oxygen atoms in total. The third-order valence-corrected chi connectivity index (χ3v) is 5.39. The van der Waals surface area contributed by atoms with Gasteiger partial charge in [-0.25, -0.2) is 4.39 Å². The van der Waals surface area contributed by atoms with Gasteiger partial charge >= 0.3 is 0 Å². The zero-order valence-electron chi connectivity index (χ0n) is 16.6. The van der Waals surface area contributed by atoms with Crippen LogP contribution in [0.1, 0.15) is 32.1 Å². The molecule has 2 aromatic carbocycles. The number of ether oxygens (including phenoxy) is 1. The van der Waals surface area contributed by atoms with E-state index in [2.05, 4.69) is 25.7 Å². The molecule has 1 amide bonds. The number of rotatable bonds is 7. The Hall–Kier alpha value is -3.63. The molecular formula is C21H15ClFN5O3S. The minimum Gasteiger partial charge on any atom is -0.485 e. The van der Waals surface area contributed by atoms with Crippen molar-refractivity contribution in [2.45, 2.75) is 13.5 Å². The molecule has 0 fully saturated rings. The topological polar surface area (TPSA) is 103 Å². The second-order valence-electron chi connectivity index (χ2n) is 6.45. The minimum absolute atomic E-state index is 0.135. The van der Waals surface area contributed by atoms with Crippen molar-refractivity contribution in [3.05, 3.63) is 81.6 Å². The van der Waals surface area contributed by atoms with Crippen LogP contribution in [0.2, 0.25) is 0 Å². The average Bonchev–Trinajstić information content (AvgIpc) is 3.44. The van der Waals surface area contributed by atoms with Gasteiger partial charge in [0, 0.05) is 12.6 Å². The number of aryl methyl sites for hydroxylation is 1. The first-order chi connectivity index (χ1) is 15.5. The fourth-order valence-electron chi connectivity index (χ4n) is 2.55. The molecule has 0 saturated heterocycles. The summed E-state index contributed by atoms with van der Waals surface area (Å²) < 4.78 is 23.5. The van der Waals surface area contributed by atoms with Gasteiger partial charge in [0.25, 0.3) is 5.91 Å². The van der Waals surface area contributed by atoms with Crippen molar-refractivity contribution in [1.29, 1.82) is 0 Å². The Balaban J connectivity index is 1.37. The predicted molar refractivity (Wildman–Crippen MR) is 118 cm³/mol. The van der Waals surface area contributed by atoms with Crippen molar-refractivity contribution in [3.63, 3.8) is 0 Å². The van der Waals surface area contributed by atoms with Crippen LogP contribution in [0.4, 0.5) is 10.1 Å². The van der Waals surface area contributed by atoms with Crippen molar-refractivity contribution in [1.82, 2.24) is 20.3 Å². The lowest BCUT2D eigenvalue weighted by Crippen LogP contribution is -2.11. The maximum atomic E-state index is 13.0. The molecule has 0 spiro atoms. The third kappa shape index (κ3) is 5.54. The number of amides is 1. The molecule has 4 aromatic rings. The summed E-state index contributed by atoms with van der Waals surface area (Å²) in [7, 11) is 0. The molecule has 0 aliphatic rings. The average molecular weight is 472 g/mol. The monoisotopic (exact) mass is 471 g/mol. The van der Waals surface area contributed by atoms with E-state index in [1.54, 1.807) is 25.1 Å². The van der Waals surface area contributed by atoms with Gasteiger partial charge < -0.3 is 14.6 Å². The molecule has 2 heterocycles. The largest absolute Gasteiger partial charge is 0.485 e. The van der Waals surface area contributed by atoms with Crippen molar-refractivity contribution in [2.75, 3.05) is 5.32 Å². The molecule has 0 radical (unpaired) electrons. The molecule has 4 rings (SSSR count). The van der Waals surface area contributed by atoms with Gasteiger partial charge in [-0.3, -0.25) is 4.79 Å². The van der Waals surface area contributed by atoms with Gasteiger partial charge in [-0.15, -0.1) is 10.2 Å². The third-order valence-electron chi connectivity index (χ3n) is 4.04. The lowest BCUT2D eigenvalue weighted by molar-refractivity contribution is 0.102. The van der Waals surface area contributed by atoms with Gasteiger partial charge in [-0.1, -0.05) is 40.2 Å². The van der Waals surface area contributed by atoms with Crippen LogP contribution in [0.3, 0.4) is 0 Å². The highest BCUT2D eigenvalue weighted by molar-refractivity contribution is 7.15. The van der Waals surface area contributed by atoms with E-state index < -0.39 is 5.91 Å². The molecular weight excluding hydrogens is 457 g/mol. The fourth-order valence-corrected chi connectivity index (χ4v) is 3.47. The van der Waals surface area contributed by atoms with Gasteiger partial charge in [0.1, 0.15) is 11.6 Å². The molecule has 162 valence electrons. The van der Waals surface area contributed by atoms with Gasteiger partial charge in [-0.2, -0.15) is 4.98 Å². The Bertz CT molecular complexity index is 1260. The van der Waals surface area contributed by atoms with E-state index in [1.165, 1.54) is 24.3 Å². The predicted octanol–water partition coefficient (Wildman–Crippen LogP) is 4.94. The van der Waals surface area contributed by atoms with Crippen LogP contribution in [0, 0.1) is 12.7 Å². The van der Waals surface area contributed by atoms with E-state index in [4.69, 9.17) is 20.9 Å². The fraction of sp³-hybridized carbons (Fsp3) is 0.0952. The SMILES string of the molecule is Cc1nc(COc2ccc(/C=C(/Cl)c3nnc(C(=O)Nc4ccc(F)cc4)s3)cc2)no1. The maximum Gasteiger partial charge on any atom is 0.286 e. The molecule has 32 heavy (non-hydrogen) atoms. The number of carbonyl (C=O) groups is 1. The van der Waals surface area contributed by atoms with E-state index in [-0.39, 0.29) is 17.4 Å². The van der Waals surface area contributed by atoms with Crippen LogP contribution < -0.4 is 10.1 Å². The summed E-state index contributed by atoms with van der Waals surface area (Å²) in [6.45, 7) is 1.90. The number of nitrogens with zero attached hydrogens (tertiary/aromatic N) is 4. The molecule has 0 aliphatic carbocycles. The second-order valence-corrected chi connectivity index (χ2v) is 7.84. The number of benzene rings is 2. The van der Waals surface area contributed by atoms with Crippen LogP contribution in [0.25, 0.3) is 11.1 Å². The number of anilines is 1. The summed E-state index contributed by atoms with van der Waals surface area (Å²) in [6.07, 6.45) is 1.70. The van der Waals surface area contributed by atoms with Gasteiger partial charge in [0.2, 0.25) is 16.7 Å². The number of halogens is 2. The molecule has 0 unspecified atom stereocenters. The molecule has 0 bridgehead atoms. The van der Waals surface area contributed by atoms with Crippen LogP contribution in [0.15, 0.2) is 53.1 Å². The van der Waals surface area contributed by atoms with Gasteiger partial charge in [0.05, 0.1) is 5.03 Å². The molecule has 0 atom stereocenters. The Morgan fingerprint density at radius 2 is 1.88 bits per heavy atom. The lowest BCUT2D eigenvalue weighted by atomic mass is 10.2. The quantitative estimate of drug-likeness (QED) is 0.407. The first kappa shape index (κ1) is 21.6. The highest BCUT2D eigenvalue weighted by atomic mass is 35.5. The van der Waals surface area contributed by atoms with Gasteiger partial charge in [0.15, 0.2) is 11.6 Å². The minimum atomic E-state index is -0.455. The van der Waals surface area contributed by atoms with E-state index in [0.717, 1.165) is 16.9 Å². The van der Waals surface area contributed by atoms with Crippen LogP contribution in [-0.4, -0.2) is 26.2 Å².